The molecule has 0 radical (unpaired) electrons. The van der Waals surface area contributed by atoms with Crippen LogP contribution >= 0.6 is 0 Å². The molecule has 0 aliphatic carbocycles. The lowest BCUT2D eigenvalue weighted by molar-refractivity contribution is -0.384. The summed E-state index contributed by atoms with van der Waals surface area (Å²) in [5, 5.41) is 13.6. The summed E-state index contributed by atoms with van der Waals surface area (Å²) in [6, 6.07) is 16.4. The Balaban J connectivity index is 1.90. The summed E-state index contributed by atoms with van der Waals surface area (Å²) in [7, 11) is 0. The first-order chi connectivity index (χ1) is 15.8. The van der Waals surface area contributed by atoms with Crippen molar-refractivity contribution < 1.29 is 18.9 Å². The van der Waals surface area contributed by atoms with Crippen LogP contribution in [0.3, 0.4) is 0 Å². The van der Waals surface area contributed by atoms with Gasteiger partial charge in [-0.3, -0.25) is 19.7 Å². The van der Waals surface area contributed by atoms with E-state index >= 15 is 0 Å². The van der Waals surface area contributed by atoms with Gasteiger partial charge in [0.15, 0.2) is 0 Å². The van der Waals surface area contributed by atoms with Gasteiger partial charge in [-0.05, 0) is 57.2 Å². The Kier molecular flexibility index (Phi) is 7.40. The standard InChI is InChI=1S/C25H25N3O5/c1-4-27(5-2)25(30)22(26-24(29)19-8-6-17(3)7-9-19)16-21-14-15-23(33-21)18-10-12-20(13-11-18)28(31)32/h6-16H,4-5H2,1-3H3,(H,26,29)/b22-16-. The van der Waals surface area contributed by atoms with Crippen LogP contribution in [0.15, 0.2) is 70.8 Å². The van der Waals surface area contributed by atoms with Crippen LogP contribution in [0.5, 0.6) is 0 Å². The maximum Gasteiger partial charge on any atom is 0.270 e. The molecule has 0 unspecified atom stereocenters. The summed E-state index contributed by atoms with van der Waals surface area (Å²) in [6.45, 7) is 6.62. The quantitative estimate of drug-likeness (QED) is 0.303. The van der Waals surface area contributed by atoms with Gasteiger partial charge >= 0.3 is 0 Å². The van der Waals surface area contributed by atoms with Crippen molar-refractivity contribution in [1.29, 1.82) is 0 Å². The molecule has 0 spiro atoms. The number of nitrogens with zero attached hydrogens (tertiary/aromatic N) is 2. The van der Waals surface area contributed by atoms with Crippen molar-refractivity contribution >= 4 is 23.6 Å². The number of carbonyl (C=O) groups is 2. The number of nitrogens with one attached hydrogen (secondary N) is 1. The van der Waals surface area contributed by atoms with E-state index < -0.39 is 10.8 Å². The molecule has 0 saturated carbocycles. The van der Waals surface area contributed by atoms with E-state index in [4.69, 9.17) is 4.42 Å². The molecule has 3 aromatic rings. The topological polar surface area (TPSA) is 106 Å². The molecule has 0 atom stereocenters. The van der Waals surface area contributed by atoms with Gasteiger partial charge in [-0.15, -0.1) is 0 Å². The Labute approximate surface area is 191 Å². The molecule has 33 heavy (non-hydrogen) atoms. The van der Waals surface area contributed by atoms with Crippen LogP contribution in [0.2, 0.25) is 0 Å². The molecule has 1 heterocycles. The Morgan fingerprint density at radius 3 is 2.21 bits per heavy atom. The van der Waals surface area contributed by atoms with E-state index in [2.05, 4.69) is 5.32 Å². The summed E-state index contributed by atoms with van der Waals surface area (Å²) >= 11 is 0. The minimum atomic E-state index is -0.470. The molecule has 0 aliphatic heterocycles. The van der Waals surface area contributed by atoms with Gasteiger partial charge in [0, 0.05) is 42.4 Å². The predicted octanol–water partition coefficient (Wildman–Crippen LogP) is 4.80. The number of non-ortho nitro benzene ring substituents is 1. The Hall–Kier alpha value is -4.20. The van der Waals surface area contributed by atoms with Gasteiger partial charge < -0.3 is 14.6 Å². The highest BCUT2D eigenvalue weighted by Crippen LogP contribution is 2.25. The number of hydrogen-bond donors (Lipinski definition) is 1. The zero-order valence-electron chi connectivity index (χ0n) is 18.7. The first-order valence-corrected chi connectivity index (χ1v) is 10.6. The lowest BCUT2D eigenvalue weighted by Gasteiger charge is -2.20. The van der Waals surface area contributed by atoms with E-state index in [1.807, 2.05) is 32.9 Å². The summed E-state index contributed by atoms with van der Waals surface area (Å²) in [5.41, 5.74) is 2.19. The van der Waals surface area contributed by atoms with Gasteiger partial charge in [0.2, 0.25) is 0 Å². The summed E-state index contributed by atoms with van der Waals surface area (Å²) in [6.07, 6.45) is 1.49. The third-order valence-corrected chi connectivity index (χ3v) is 5.12. The zero-order valence-corrected chi connectivity index (χ0v) is 18.7. The molecule has 8 heteroatoms. The molecular formula is C25H25N3O5. The average molecular weight is 447 g/mol. The number of rotatable bonds is 8. The van der Waals surface area contributed by atoms with E-state index in [0.717, 1.165) is 5.56 Å². The number of furan rings is 1. The van der Waals surface area contributed by atoms with Crippen LogP contribution in [0, 0.1) is 17.0 Å². The fourth-order valence-corrected chi connectivity index (χ4v) is 3.21. The number of nitro groups is 1. The first-order valence-electron chi connectivity index (χ1n) is 10.6. The van der Waals surface area contributed by atoms with Crippen LogP contribution in [0.25, 0.3) is 17.4 Å². The van der Waals surface area contributed by atoms with Crippen LogP contribution in [-0.4, -0.2) is 34.7 Å². The van der Waals surface area contributed by atoms with E-state index in [0.29, 0.717) is 35.7 Å². The number of aryl methyl sites for hydroxylation is 1. The largest absolute Gasteiger partial charge is 0.457 e. The fourth-order valence-electron chi connectivity index (χ4n) is 3.21. The number of nitro benzene ring substituents is 1. The van der Waals surface area contributed by atoms with E-state index in [9.17, 15) is 19.7 Å². The number of hydrogen-bond acceptors (Lipinski definition) is 5. The van der Waals surface area contributed by atoms with Crippen molar-refractivity contribution in [3.8, 4) is 11.3 Å². The van der Waals surface area contributed by atoms with Gasteiger partial charge in [0.05, 0.1) is 4.92 Å². The third kappa shape index (κ3) is 5.74. The highest BCUT2D eigenvalue weighted by atomic mass is 16.6. The first kappa shape index (κ1) is 23.5. The number of carbonyl (C=O) groups excluding carboxylic acids is 2. The van der Waals surface area contributed by atoms with Gasteiger partial charge in [-0.2, -0.15) is 0 Å². The molecule has 3 rings (SSSR count). The van der Waals surface area contributed by atoms with Gasteiger partial charge in [-0.1, -0.05) is 17.7 Å². The normalized spacial score (nSPS) is 11.2. The third-order valence-electron chi connectivity index (χ3n) is 5.12. The zero-order chi connectivity index (χ0) is 24.0. The van der Waals surface area contributed by atoms with Crippen LogP contribution in [0.4, 0.5) is 5.69 Å². The number of likely N-dealkylation sites (N-methyl/N-ethyl adjacent to an activating group) is 1. The molecular weight excluding hydrogens is 422 g/mol. The van der Waals surface area contributed by atoms with Gasteiger partial charge in [-0.25, -0.2) is 0 Å². The summed E-state index contributed by atoms with van der Waals surface area (Å²) < 4.78 is 5.83. The van der Waals surface area contributed by atoms with Crippen molar-refractivity contribution in [2.24, 2.45) is 0 Å². The second kappa shape index (κ2) is 10.4. The molecule has 1 aromatic heterocycles. The average Bonchev–Trinajstić information content (AvgIpc) is 3.28. The SMILES string of the molecule is CCN(CC)C(=O)/C(=C/c1ccc(-c2ccc([N+](=O)[O-])cc2)o1)NC(=O)c1ccc(C)cc1. The molecule has 2 amide bonds. The van der Waals surface area contributed by atoms with Crippen molar-refractivity contribution in [2.45, 2.75) is 20.8 Å². The molecule has 0 aliphatic rings. The maximum absolute atomic E-state index is 13.0. The second-order valence-electron chi connectivity index (χ2n) is 7.36. The smallest absolute Gasteiger partial charge is 0.270 e. The van der Waals surface area contributed by atoms with Crippen molar-refractivity contribution in [3.63, 3.8) is 0 Å². The maximum atomic E-state index is 13.0. The highest BCUT2D eigenvalue weighted by Gasteiger charge is 2.20. The summed E-state index contributed by atoms with van der Waals surface area (Å²) in [4.78, 5) is 37.8. The molecule has 1 N–H and O–H groups in total. The van der Waals surface area contributed by atoms with E-state index in [-0.39, 0.29) is 17.3 Å². The van der Waals surface area contributed by atoms with E-state index in [1.54, 1.807) is 41.3 Å². The Bertz CT molecular complexity index is 1170. The van der Waals surface area contributed by atoms with Crippen LogP contribution in [0.1, 0.15) is 35.5 Å². The molecule has 0 fully saturated rings. The van der Waals surface area contributed by atoms with Gasteiger partial charge in [0.1, 0.15) is 17.2 Å². The molecule has 2 aromatic carbocycles. The number of benzene rings is 2. The van der Waals surface area contributed by atoms with Crippen molar-refractivity contribution in [3.05, 3.63) is 93.4 Å². The monoisotopic (exact) mass is 447 g/mol. The molecule has 170 valence electrons. The van der Waals surface area contributed by atoms with Crippen LogP contribution < -0.4 is 5.32 Å². The summed E-state index contributed by atoms with van der Waals surface area (Å²) in [5.74, 6) is 0.122. The van der Waals surface area contributed by atoms with Gasteiger partial charge in [0.25, 0.3) is 17.5 Å². The van der Waals surface area contributed by atoms with Crippen molar-refractivity contribution in [1.82, 2.24) is 10.2 Å². The fraction of sp³-hybridized carbons (Fsp3) is 0.200. The number of amides is 2. The highest BCUT2D eigenvalue weighted by molar-refractivity contribution is 6.05. The van der Waals surface area contributed by atoms with E-state index in [1.165, 1.54) is 18.2 Å². The minimum Gasteiger partial charge on any atom is -0.457 e. The Morgan fingerprint density at radius 1 is 1.00 bits per heavy atom. The predicted molar refractivity (Wildman–Crippen MR) is 125 cm³/mol. The molecule has 0 bridgehead atoms. The lowest BCUT2D eigenvalue weighted by atomic mass is 10.1. The molecule has 0 saturated heterocycles. The van der Waals surface area contributed by atoms with Crippen molar-refractivity contribution in [2.75, 3.05) is 13.1 Å². The van der Waals surface area contributed by atoms with Crippen LogP contribution in [-0.2, 0) is 4.79 Å². The minimum absolute atomic E-state index is 0.0173. The lowest BCUT2D eigenvalue weighted by Crippen LogP contribution is -2.38. The molecule has 8 nitrogen and oxygen atoms in total. The second-order valence-corrected chi connectivity index (χ2v) is 7.36. The Morgan fingerprint density at radius 2 is 1.64 bits per heavy atom.